The van der Waals surface area contributed by atoms with Crippen LogP contribution in [0, 0.1) is 13.8 Å². The van der Waals surface area contributed by atoms with Gasteiger partial charge in [-0.1, -0.05) is 78.1 Å². The fraction of sp³-hybridized carbons (Fsp3) is 0.115. The van der Waals surface area contributed by atoms with Gasteiger partial charge in [0.05, 0.1) is 16.2 Å². The van der Waals surface area contributed by atoms with Crippen LogP contribution in [-0.2, 0) is 11.4 Å². The molecule has 7 heteroatoms. The summed E-state index contributed by atoms with van der Waals surface area (Å²) >= 11 is 6.65. The number of thiocarbonyl (C=S) groups is 1. The van der Waals surface area contributed by atoms with E-state index in [0.29, 0.717) is 27.3 Å². The molecule has 1 heterocycles. The molecule has 4 rings (SSSR count). The van der Waals surface area contributed by atoms with E-state index in [1.165, 1.54) is 34.4 Å². The second kappa shape index (κ2) is 9.60. The average Bonchev–Trinajstić information content (AvgIpc) is 3.07. The van der Waals surface area contributed by atoms with Crippen LogP contribution in [0.2, 0.25) is 0 Å². The molecule has 0 atom stereocenters. The summed E-state index contributed by atoms with van der Waals surface area (Å²) in [7, 11) is 0. The molecular formula is C26H21NO4S2. The molecule has 0 aromatic heterocycles. The number of rotatable bonds is 6. The number of hydrogen-bond donors (Lipinski definition) is 1. The number of carboxylic acids is 1. The summed E-state index contributed by atoms with van der Waals surface area (Å²) in [4.78, 5) is 26.5. The third kappa shape index (κ3) is 4.99. The maximum absolute atomic E-state index is 13.2. The van der Waals surface area contributed by atoms with Gasteiger partial charge in [-0.3, -0.25) is 9.69 Å². The van der Waals surface area contributed by atoms with Crippen molar-refractivity contribution in [2.24, 2.45) is 0 Å². The number of carbonyl (C=O) groups excluding carboxylic acids is 1. The molecule has 0 unspecified atom stereocenters. The number of amides is 1. The highest BCUT2D eigenvalue weighted by molar-refractivity contribution is 8.27. The molecule has 1 saturated heterocycles. The fourth-order valence-electron chi connectivity index (χ4n) is 3.38. The molecule has 0 spiro atoms. The molecule has 3 aromatic carbocycles. The van der Waals surface area contributed by atoms with E-state index in [-0.39, 0.29) is 11.5 Å². The van der Waals surface area contributed by atoms with E-state index in [4.69, 9.17) is 17.0 Å². The second-order valence-electron chi connectivity index (χ2n) is 7.64. The third-order valence-corrected chi connectivity index (χ3v) is 6.51. The first-order chi connectivity index (χ1) is 15.8. The van der Waals surface area contributed by atoms with Crippen LogP contribution in [0.25, 0.3) is 6.08 Å². The Morgan fingerprint density at radius 1 is 1.09 bits per heavy atom. The molecule has 3 aromatic rings. The van der Waals surface area contributed by atoms with E-state index >= 15 is 0 Å². The zero-order valence-electron chi connectivity index (χ0n) is 18.1. The Kier molecular flexibility index (Phi) is 6.62. The van der Waals surface area contributed by atoms with Gasteiger partial charge in [0.2, 0.25) is 0 Å². The van der Waals surface area contributed by atoms with Crippen LogP contribution in [0.3, 0.4) is 0 Å². The quantitative estimate of drug-likeness (QED) is 0.349. The van der Waals surface area contributed by atoms with Crippen LogP contribution in [0.4, 0.5) is 5.69 Å². The highest BCUT2D eigenvalue weighted by Gasteiger charge is 2.34. The lowest BCUT2D eigenvalue weighted by Gasteiger charge is -2.17. The lowest BCUT2D eigenvalue weighted by molar-refractivity contribution is -0.113. The maximum atomic E-state index is 13.2. The van der Waals surface area contributed by atoms with Gasteiger partial charge in [0.25, 0.3) is 5.91 Å². The number of anilines is 1. The normalized spacial score (nSPS) is 14.7. The molecule has 0 bridgehead atoms. The van der Waals surface area contributed by atoms with Crippen molar-refractivity contribution in [3.05, 3.63) is 99.5 Å². The number of para-hydroxylation sites is 1. The smallest absolute Gasteiger partial charge is 0.335 e. The minimum Gasteiger partial charge on any atom is -0.488 e. The van der Waals surface area contributed by atoms with Gasteiger partial charge in [-0.25, -0.2) is 4.79 Å². The first-order valence-corrected chi connectivity index (χ1v) is 11.5. The van der Waals surface area contributed by atoms with E-state index in [1.807, 2.05) is 62.4 Å². The van der Waals surface area contributed by atoms with Gasteiger partial charge < -0.3 is 9.84 Å². The van der Waals surface area contributed by atoms with Crippen molar-refractivity contribution >= 4 is 51.9 Å². The Morgan fingerprint density at radius 3 is 2.55 bits per heavy atom. The molecule has 1 aliphatic heterocycles. The van der Waals surface area contributed by atoms with E-state index in [2.05, 4.69) is 0 Å². The number of carboxylic acid groups (broad SMARTS) is 1. The number of nitrogens with zero attached hydrogens (tertiary/aromatic N) is 1. The van der Waals surface area contributed by atoms with Crippen molar-refractivity contribution < 1.29 is 19.4 Å². The molecule has 1 fully saturated rings. The van der Waals surface area contributed by atoms with E-state index in [9.17, 15) is 14.7 Å². The Balaban J connectivity index is 1.60. The predicted molar refractivity (Wildman–Crippen MR) is 136 cm³/mol. The highest BCUT2D eigenvalue weighted by atomic mass is 32.2. The van der Waals surface area contributed by atoms with Gasteiger partial charge in [0, 0.05) is 5.56 Å². The van der Waals surface area contributed by atoms with Gasteiger partial charge in [0.15, 0.2) is 4.32 Å². The third-order valence-electron chi connectivity index (χ3n) is 5.21. The SMILES string of the molecule is Cc1ccc(COc2ccccc2/C=C2\SC(=S)N(c3cc(C(=O)O)ccc3C)C2=O)cc1. The summed E-state index contributed by atoms with van der Waals surface area (Å²) in [6, 6.07) is 20.3. The molecule has 0 radical (unpaired) electrons. The van der Waals surface area contributed by atoms with Crippen LogP contribution in [0.15, 0.2) is 71.6 Å². The first-order valence-electron chi connectivity index (χ1n) is 10.2. The molecule has 166 valence electrons. The predicted octanol–water partition coefficient (Wildman–Crippen LogP) is 5.99. The molecule has 1 N–H and O–H groups in total. The fourth-order valence-corrected chi connectivity index (χ4v) is 4.65. The van der Waals surface area contributed by atoms with Gasteiger partial charge >= 0.3 is 5.97 Å². The van der Waals surface area contributed by atoms with Crippen LogP contribution < -0.4 is 9.64 Å². The molecule has 0 saturated carbocycles. The summed E-state index contributed by atoms with van der Waals surface area (Å²) in [6.07, 6.45) is 1.76. The maximum Gasteiger partial charge on any atom is 0.335 e. The monoisotopic (exact) mass is 475 g/mol. The van der Waals surface area contributed by atoms with Crippen LogP contribution in [-0.4, -0.2) is 21.3 Å². The minimum absolute atomic E-state index is 0.100. The molecule has 1 aliphatic rings. The van der Waals surface area contributed by atoms with Gasteiger partial charge in [-0.05, 0) is 49.2 Å². The lowest BCUT2D eigenvalue weighted by Crippen LogP contribution is -2.28. The zero-order valence-corrected chi connectivity index (χ0v) is 19.7. The molecular weight excluding hydrogens is 454 g/mol. The van der Waals surface area contributed by atoms with Crippen LogP contribution in [0.1, 0.15) is 32.6 Å². The Bertz CT molecular complexity index is 1280. The van der Waals surface area contributed by atoms with Crippen molar-refractivity contribution in [3.63, 3.8) is 0 Å². The van der Waals surface area contributed by atoms with Gasteiger partial charge in [0.1, 0.15) is 12.4 Å². The van der Waals surface area contributed by atoms with Crippen molar-refractivity contribution in [1.82, 2.24) is 0 Å². The van der Waals surface area contributed by atoms with E-state index in [1.54, 1.807) is 12.1 Å². The number of carbonyl (C=O) groups is 2. The number of ether oxygens (including phenoxy) is 1. The molecule has 0 aliphatic carbocycles. The number of thioether (sulfide) groups is 1. The zero-order chi connectivity index (χ0) is 23.5. The summed E-state index contributed by atoms with van der Waals surface area (Å²) < 4.78 is 6.39. The standard InChI is InChI=1S/C26H21NO4S2/c1-16-7-10-18(11-8-16)15-31-22-6-4-3-5-19(22)14-23-24(28)27(26(32)33-23)21-13-20(25(29)30)12-9-17(21)2/h3-14H,15H2,1-2H3,(H,29,30)/b23-14-. The van der Waals surface area contributed by atoms with Crippen molar-refractivity contribution in [3.8, 4) is 5.75 Å². The Hall–Kier alpha value is -3.42. The van der Waals surface area contributed by atoms with Gasteiger partial charge in [-0.2, -0.15) is 0 Å². The van der Waals surface area contributed by atoms with E-state index in [0.717, 1.165) is 16.7 Å². The lowest BCUT2D eigenvalue weighted by atomic mass is 10.1. The summed E-state index contributed by atoms with van der Waals surface area (Å²) in [5.74, 6) is -0.687. The second-order valence-corrected chi connectivity index (χ2v) is 9.31. The van der Waals surface area contributed by atoms with Crippen molar-refractivity contribution in [1.29, 1.82) is 0 Å². The summed E-state index contributed by atoms with van der Waals surface area (Å²) in [5, 5.41) is 9.33. The average molecular weight is 476 g/mol. The Morgan fingerprint density at radius 2 is 1.82 bits per heavy atom. The highest BCUT2D eigenvalue weighted by Crippen LogP contribution is 2.38. The minimum atomic E-state index is -1.06. The molecule has 33 heavy (non-hydrogen) atoms. The number of aromatic carboxylic acids is 1. The Labute approximate surface area is 201 Å². The number of benzene rings is 3. The van der Waals surface area contributed by atoms with E-state index < -0.39 is 5.97 Å². The first kappa shape index (κ1) is 22.8. The largest absolute Gasteiger partial charge is 0.488 e. The van der Waals surface area contributed by atoms with Gasteiger partial charge in [-0.15, -0.1) is 0 Å². The summed E-state index contributed by atoms with van der Waals surface area (Å²) in [6.45, 7) is 4.26. The van der Waals surface area contributed by atoms with Crippen LogP contribution >= 0.6 is 24.0 Å². The molecule has 1 amide bonds. The van der Waals surface area contributed by atoms with Crippen molar-refractivity contribution in [2.75, 3.05) is 4.90 Å². The van der Waals surface area contributed by atoms with Crippen molar-refractivity contribution in [2.45, 2.75) is 20.5 Å². The topological polar surface area (TPSA) is 66.8 Å². The number of hydrogen-bond acceptors (Lipinski definition) is 5. The number of aryl methyl sites for hydroxylation is 2. The molecule has 5 nitrogen and oxygen atoms in total. The summed E-state index contributed by atoms with van der Waals surface area (Å²) in [5.41, 5.74) is 4.34. The van der Waals surface area contributed by atoms with Crippen LogP contribution in [0.5, 0.6) is 5.75 Å².